The van der Waals surface area contributed by atoms with Gasteiger partial charge in [-0.25, -0.2) is 23.5 Å². The van der Waals surface area contributed by atoms with E-state index in [-0.39, 0.29) is 40.4 Å². The van der Waals surface area contributed by atoms with E-state index in [0.717, 1.165) is 34.1 Å². The molecule has 4 aromatic rings. The van der Waals surface area contributed by atoms with Gasteiger partial charge in [-0.05, 0) is 70.4 Å². The van der Waals surface area contributed by atoms with Crippen molar-refractivity contribution < 1.29 is 31.9 Å². The number of esters is 1. The molecule has 0 fully saturated rings. The van der Waals surface area contributed by atoms with Crippen LogP contribution in [0.15, 0.2) is 44.7 Å². The number of aryl methyl sites for hydroxylation is 3. The Labute approximate surface area is 224 Å². The van der Waals surface area contributed by atoms with Crippen LogP contribution in [0, 0.1) is 12.7 Å². The van der Waals surface area contributed by atoms with Crippen LogP contribution in [0.25, 0.3) is 21.0 Å². The zero-order chi connectivity index (χ0) is 28.6. The first-order valence-corrected chi connectivity index (χ1v) is 12.7. The topological polar surface area (TPSA) is 106 Å². The van der Waals surface area contributed by atoms with E-state index in [4.69, 9.17) is 9.15 Å². The van der Waals surface area contributed by atoms with Crippen molar-refractivity contribution in [3.8, 4) is 16.5 Å². The highest BCUT2D eigenvalue weighted by molar-refractivity contribution is 7.22. The van der Waals surface area contributed by atoms with Gasteiger partial charge in [-0.3, -0.25) is 9.36 Å². The fraction of sp³-hybridized carbons (Fsp3) is 0.385. The van der Waals surface area contributed by atoms with Gasteiger partial charge in [0.05, 0.1) is 16.5 Å². The molecule has 1 aromatic carbocycles. The number of thiophene rings is 1. The summed E-state index contributed by atoms with van der Waals surface area (Å²) in [6.45, 7) is 4.74. The summed E-state index contributed by atoms with van der Waals surface area (Å²) in [5.41, 5.74) is -1.82. The number of oxazole rings is 1. The third-order valence-corrected chi connectivity index (χ3v) is 7.15. The highest BCUT2D eigenvalue weighted by atomic mass is 32.1. The maximum absolute atomic E-state index is 14.0. The van der Waals surface area contributed by atoms with Crippen molar-refractivity contribution in [1.29, 1.82) is 0 Å². The van der Waals surface area contributed by atoms with Crippen LogP contribution in [0.4, 0.5) is 13.2 Å². The van der Waals surface area contributed by atoms with Crippen molar-refractivity contribution in [3.05, 3.63) is 68.4 Å². The Hall–Kier alpha value is -3.87. The smallest absolute Gasteiger partial charge is 0.387 e. The van der Waals surface area contributed by atoms with Gasteiger partial charge in [0.1, 0.15) is 34.3 Å². The molecular formula is C26H26F3N3O6S. The largest absolute Gasteiger partial charge is 0.458 e. The standard InChI is InChI=1S/C26H26F3N3O6S/c1-13-18-21(33)32(14(2)23(34)38-26(3,4)5)25(35)31(22(18)39-19(13)20-30-9-11-36-20)10-8-15-12-16(27)6-7-17(15)37-24(28)29/h6-7,9,11-12,14,24H,8,10H2,1-5H3. The molecule has 0 N–H and O–H groups in total. The minimum absolute atomic E-state index is 0.0921. The quantitative estimate of drug-likeness (QED) is 0.275. The highest BCUT2D eigenvalue weighted by Gasteiger charge is 2.29. The van der Waals surface area contributed by atoms with Crippen LogP contribution in [0.1, 0.15) is 44.9 Å². The molecular weight excluding hydrogens is 539 g/mol. The second kappa shape index (κ2) is 10.7. The summed E-state index contributed by atoms with van der Waals surface area (Å²) < 4.78 is 57.2. The van der Waals surface area contributed by atoms with Crippen LogP contribution in [0.5, 0.6) is 5.75 Å². The predicted octanol–water partition coefficient (Wildman–Crippen LogP) is 5.07. The summed E-state index contributed by atoms with van der Waals surface area (Å²) in [7, 11) is 0. The Morgan fingerprint density at radius 2 is 1.95 bits per heavy atom. The number of carbonyl (C=O) groups excluding carboxylic acids is 1. The normalized spacial score (nSPS) is 12.7. The fourth-order valence-corrected chi connectivity index (χ4v) is 5.38. The molecule has 9 nitrogen and oxygen atoms in total. The average Bonchev–Trinajstić information content (AvgIpc) is 3.47. The number of halogens is 3. The molecule has 39 heavy (non-hydrogen) atoms. The van der Waals surface area contributed by atoms with Gasteiger partial charge in [-0.2, -0.15) is 8.78 Å². The van der Waals surface area contributed by atoms with E-state index in [2.05, 4.69) is 9.72 Å². The second-order valence-electron chi connectivity index (χ2n) is 9.77. The lowest BCUT2D eigenvalue weighted by atomic mass is 10.1. The summed E-state index contributed by atoms with van der Waals surface area (Å²) in [4.78, 5) is 45.2. The Morgan fingerprint density at radius 3 is 2.56 bits per heavy atom. The maximum atomic E-state index is 14.0. The summed E-state index contributed by atoms with van der Waals surface area (Å²) in [5, 5.41) is 0.159. The van der Waals surface area contributed by atoms with E-state index in [0.29, 0.717) is 10.4 Å². The minimum Gasteiger partial charge on any atom is -0.458 e. The Bertz CT molecular complexity index is 1630. The molecule has 0 bridgehead atoms. The molecule has 3 aromatic heterocycles. The third-order valence-electron chi connectivity index (χ3n) is 5.85. The van der Waals surface area contributed by atoms with Gasteiger partial charge < -0.3 is 13.9 Å². The maximum Gasteiger partial charge on any atom is 0.387 e. The zero-order valence-electron chi connectivity index (χ0n) is 21.8. The number of fused-ring (bicyclic) bond motifs is 1. The first kappa shape index (κ1) is 28.1. The summed E-state index contributed by atoms with van der Waals surface area (Å²) in [5.74, 6) is -1.47. The number of nitrogens with zero attached hydrogens (tertiary/aromatic N) is 3. The SMILES string of the molecule is Cc1c(-c2ncco2)sc2c1c(=O)n(C(C)C(=O)OC(C)(C)C)c(=O)n2CCc1cc(F)ccc1OC(F)F. The molecule has 4 rings (SSSR count). The monoisotopic (exact) mass is 565 g/mol. The van der Waals surface area contributed by atoms with Gasteiger partial charge in [0.2, 0.25) is 5.89 Å². The Balaban J connectivity index is 1.90. The van der Waals surface area contributed by atoms with Crippen molar-refractivity contribution >= 4 is 27.5 Å². The van der Waals surface area contributed by atoms with Gasteiger partial charge in [0.15, 0.2) is 0 Å². The number of rotatable bonds is 8. The number of hydrogen-bond donors (Lipinski definition) is 0. The molecule has 0 aliphatic rings. The molecule has 0 radical (unpaired) electrons. The predicted molar refractivity (Wildman–Crippen MR) is 138 cm³/mol. The van der Waals surface area contributed by atoms with E-state index >= 15 is 0 Å². The number of carbonyl (C=O) groups is 1. The van der Waals surface area contributed by atoms with Gasteiger partial charge in [0.25, 0.3) is 5.56 Å². The molecule has 0 spiro atoms. The van der Waals surface area contributed by atoms with Crippen molar-refractivity contribution in [3.63, 3.8) is 0 Å². The Morgan fingerprint density at radius 1 is 1.23 bits per heavy atom. The van der Waals surface area contributed by atoms with Crippen LogP contribution in [-0.2, 0) is 22.5 Å². The van der Waals surface area contributed by atoms with Crippen LogP contribution in [0.2, 0.25) is 0 Å². The van der Waals surface area contributed by atoms with E-state index in [1.165, 1.54) is 24.0 Å². The van der Waals surface area contributed by atoms with Crippen LogP contribution >= 0.6 is 11.3 Å². The van der Waals surface area contributed by atoms with E-state index < -0.39 is 41.3 Å². The molecule has 0 aliphatic heterocycles. The van der Waals surface area contributed by atoms with Crippen molar-refractivity contribution in [2.75, 3.05) is 0 Å². The van der Waals surface area contributed by atoms with Gasteiger partial charge in [0, 0.05) is 6.54 Å². The molecule has 1 atom stereocenters. The summed E-state index contributed by atoms with van der Waals surface area (Å²) in [6.07, 6.45) is 2.70. The van der Waals surface area contributed by atoms with Crippen LogP contribution < -0.4 is 16.0 Å². The van der Waals surface area contributed by atoms with Gasteiger partial charge in [-0.15, -0.1) is 11.3 Å². The number of alkyl halides is 2. The number of hydrogen-bond acceptors (Lipinski definition) is 8. The van der Waals surface area contributed by atoms with E-state index in [1.54, 1.807) is 27.7 Å². The minimum atomic E-state index is -3.14. The lowest BCUT2D eigenvalue weighted by molar-refractivity contribution is -0.158. The van der Waals surface area contributed by atoms with Crippen molar-refractivity contribution in [2.45, 2.75) is 65.8 Å². The number of aromatic nitrogens is 3. The molecule has 13 heteroatoms. The summed E-state index contributed by atoms with van der Waals surface area (Å²) >= 11 is 1.08. The van der Waals surface area contributed by atoms with E-state index in [1.807, 2.05) is 0 Å². The second-order valence-corrected chi connectivity index (χ2v) is 10.8. The number of benzene rings is 1. The fourth-order valence-electron chi connectivity index (χ4n) is 4.12. The van der Waals surface area contributed by atoms with Crippen LogP contribution in [-0.4, -0.2) is 32.3 Å². The molecule has 0 amide bonds. The van der Waals surface area contributed by atoms with Gasteiger partial charge in [-0.1, -0.05) is 0 Å². The molecule has 0 saturated heterocycles. The number of ether oxygens (including phenoxy) is 2. The molecule has 0 saturated carbocycles. The molecule has 3 heterocycles. The zero-order valence-corrected chi connectivity index (χ0v) is 22.6. The first-order chi connectivity index (χ1) is 18.3. The molecule has 0 aliphatic carbocycles. The van der Waals surface area contributed by atoms with Crippen molar-refractivity contribution in [2.24, 2.45) is 0 Å². The first-order valence-electron chi connectivity index (χ1n) is 11.9. The lowest BCUT2D eigenvalue weighted by Crippen LogP contribution is -2.45. The van der Waals surface area contributed by atoms with E-state index in [9.17, 15) is 27.6 Å². The molecule has 1 unspecified atom stereocenters. The molecule has 208 valence electrons. The Kier molecular flexibility index (Phi) is 7.73. The summed E-state index contributed by atoms with van der Waals surface area (Å²) in [6, 6.07) is 1.82. The highest BCUT2D eigenvalue weighted by Crippen LogP contribution is 2.36. The lowest BCUT2D eigenvalue weighted by Gasteiger charge is -2.23. The van der Waals surface area contributed by atoms with Crippen LogP contribution in [0.3, 0.4) is 0 Å². The van der Waals surface area contributed by atoms with Crippen molar-refractivity contribution in [1.82, 2.24) is 14.1 Å². The third kappa shape index (κ3) is 5.77. The average molecular weight is 566 g/mol. The van der Waals surface area contributed by atoms with Gasteiger partial charge >= 0.3 is 18.3 Å².